The van der Waals surface area contributed by atoms with Gasteiger partial charge in [-0.3, -0.25) is 4.79 Å². The zero-order valence-electron chi connectivity index (χ0n) is 14.0. The molecule has 1 aromatic heterocycles. The number of aryl methyl sites for hydroxylation is 1. The number of nitrogens with one attached hydrogen (secondary N) is 1. The lowest BCUT2D eigenvalue weighted by Crippen LogP contribution is -2.34. The minimum Gasteiger partial charge on any atom is -0.489 e. The highest BCUT2D eigenvalue weighted by molar-refractivity contribution is 5.93. The highest BCUT2D eigenvalue weighted by Gasteiger charge is 2.28. The Morgan fingerprint density at radius 2 is 2.29 bits per heavy atom. The van der Waals surface area contributed by atoms with Gasteiger partial charge in [-0.05, 0) is 38.3 Å². The maximum Gasteiger partial charge on any atom is 0.273 e. The minimum absolute atomic E-state index is 0.159. The number of carbonyl (C=O) groups is 1. The third-order valence-corrected chi connectivity index (χ3v) is 4.00. The number of ether oxygens (including phenoxy) is 2. The van der Waals surface area contributed by atoms with Gasteiger partial charge in [0, 0.05) is 6.61 Å². The largest absolute Gasteiger partial charge is 0.489 e. The molecule has 0 spiro atoms. The van der Waals surface area contributed by atoms with E-state index in [0.29, 0.717) is 24.6 Å². The average molecular weight is 330 g/mol. The van der Waals surface area contributed by atoms with Gasteiger partial charge < -0.3 is 19.2 Å². The van der Waals surface area contributed by atoms with Crippen molar-refractivity contribution in [3.8, 4) is 5.75 Å². The number of aromatic nitrogens is 1. The normalized spacial score (nSPS) is 18.3. The van der Waals surface area contributed by atoms with Crippen molar-refractivity contribution in [2.24, 2.45) is 0 Å². The number of para-hydroxylation sites is 1. The van der Waals surface area contributed by atoms with Crippen LogP contribution in [0.15, 0.2) is 35.1 Å². The maximum absolute atomic E-state index is 12.4. The van der Waals surface area contributed by atoms with E-state index >= 15 is 0 Å². The van der Waals surface area contributed by atoms with Crippen molar-refractivity contribution in [3.05, 3.63) is 47.7 Å². The summed E-state index contributed by atoms with van der Waals surface area (Å²) in [6.45, 7) is 4.97. The standard InChI is InChI=1S/C18H22N2O4/c1-12-6-3-4-7-14(12)24-13(2)10-19-18(21)16-17(23-11-20-16)15-8-5-9-22-15/h3-4,6-7,11,13,15H,5,8-10H2,1-2H3,(H,19,21)/t13-,15-/m0/s1. The molecule has 1 aliphatic heterocycles. The molecule has 128 valence electrons. The lowest BCUT2D eigenvalue weighted by molar-refractivity contribution is 0.0851. The summed E-state index contributed by atoms with van der Waals surface area (Å²) in [6.07, 6.45) is 2.77. The third-order valence-electron chi connectivity index (χ3n) is 4.00. The van der Waals surface area contributed by atoms with E-state index in [9.17, 15) is 4.79 Å². The highest BCUT2D eigenvalue weighted by atomic mass is 16.5. The zero-order chi connectivity index (χ0) is 16.9. The minimum atomic E-state index is -0.269. The number of carbonyl (C=O) groups excluding carboxylic acids is 1. The van der Waals surface area contributed by atoms with Crippen LogP contribution in [0.2, 0.25) is 0 Å². The van der Waals surface area contributed by atoms with Crippen LogP contribution in [0.1, 0.15) is 47.7 Å². The first-order valence-electron chi connectivity index (χ1n) is 8.20. The molecule has 2 heterocycles. The Kier molecular flexibility index (Phi) is 5.15. The van der Waals surface area contributed by atoms with Crippen LogP contribution in [-0.2, 0) is 4.74 Å². The van der Waals surface area contributed by atoms with E-state index in [-0.39, 0.29) is 18.1 Å². The summed E-state index contributed by atoms with van der Waals surface area (Å²) in [5.74, 6) is 1.06. The molecule has 24 heavy (non-hydrogen) atoms. The molecular formula is C18H22N2O4. The van der Waals surface area contributed by atoms with Crippen LogP contribution in [0.5, 0.6) is 5.75 Å². The second kappa shape index (κ2) is 7.49. The van der Waals surface area contributed by atoms with Crippen LogP contribution in [0.3, 0.4) is 0 Å². The molecule has 0 bridgehead atoms. The predicted molar refractivity (Wildman–Crippen MR) is 88.0 cm³/mol. The lowest BCUT2D eigenvalue weighted by atomic mass is 10.1. The number of benzene rings is 1. The van der Waals surface area contributed by atoms with Gasteiger partial charge in [-0.1, -0.05) is 18.2 Å². The Labute approximate surface area is 141 Å². The fourth-order valence-electron chi connectivity index (χ4n) is 2.71. The van der Waals surface area contributed by atoms with E-state index in [4.69, 9.17) is 13.9 Å². The highest BCUT2D eigenvalue weighted by Crippen LogP contribution is 2.30. The number of rotatable bonds is 6. The molecule has 0 radical (unpaired) electrons. The average Bonchev–Trinajstić information content (AvgIpc) is 3.25. The monoisotopic (exact) mass is 330 g/mol. The van der Waals surface area contributed by atoms with E-state index in [1.54, 1.807) is 0 Å². The van der Waals surface area contributed by atoms with Gasteiger partial charge in [0.05, 0.1) is 6.54 Å². The molecule has 1 aromatic carbocycles. The van der Waals surface area contributed by atoms with Crippen molar-refractivity contribution >= 4 is 5.91 Å². The van der Waals surface area contributed by atoms with Gasteiger partial charge >= 0.3 is 0 Å². The summed E-state index contributed by atoms with van der Waals surface area (Å²) in [6, 6.07) is 7.80. The summed E-state index contributed by atoms with van der Waals surface area (Å²) in [7, 11) is 0. The van der Waals surface area contributed by atoms with Crippen molar-refractivity contribution < 1.29 is 18.7 Å². The first-order valence-corrected chi connectivity index (χ1v) is 8.20. The van der Waals surface area contributed by atoms with Gasteiger partial charge in [-0.15, -0.1) is 0 Å². The van der Waals surface area contributed by atoms with Crippen molar-refractivity contribution in [1.82, 2.24) is 10.3 Å². The first-order chi connectivity index (χ1) is 11.6. The first kappa shape index (κ1) is 16.5. The van der Waals surface area contributed by atoms with Crippen LogP contribution >= 0.6 is 0 Å². The van der Waals surface area contributed by atoms with Crippen molar-refractivity contribution in [1.29, 1.82) is 0 Å². The summed E-state index contributed by atoms with van der Waals surface area (Å²) in [5, 5.41) is 2.85. The number of oxazole rings is 1. The molecule has 6 heteroatoms. The molecule has 1 amide bonds. The van der Waals surface area contributed by atoms with Crippen LogP contribution in [0.25, 0.3) is 0 Å². The van der Waals surface area contributed by atoms with Gasteiger partial charge in [0.25, 0.3) is 5.91 Å². The summed E-state index contributed by atoms with van der Waals surface area (Å²) in [5.41, 5.74) is 1.36. The van der Waals surface area contributed by atoms with Crippen LogP contribution < -0.4 is 10.1 Å². The summed E-state index contributed by atoms with van der Waals surface area (Å²) in [4.78, 5) is 16.4. The van der Waals surface area contributed by atoms with E-state index < -0.39 is 0 Å². The molecule has 2 aromatic rings. The third kappa shape index (κ3) is 3.76. The van der Waals surface area contributed by atoms with Crippen LogP contribution in [-0.4, -0.2) is 30.1 Å². The van der Waals surface area contributed by atoms with E-state index in [2.05, 4.69) is 10.3 Å². The van der Waals surface area contributed by atoms with E-state index in [1.165, 1.54) is 6.39 Å². The maximum atomic E-state index is 12.4. The Morgan fingerprint density at radius 3 is 3.04 bits per heavy atom. The number of amides is 1. The molecular weight excluding hydrogens is 308 g/mol. The molecule has 0 unspecified atom stereocenters. The molecule has 1 fully saturated rings. The Bertz CT molecular complexity index is 692. The van der Waals surface area contributed by atoms with E-state index in [0.717, 1.165) is 24.2 Å². The van der Waals surface area contributed by atoms with Crippen molar-refractivity contribution in [3.63, 3.8) is 0 Å². The smallest absolute Gasteiger partial charge is 0.273 e. The molecule has 1 aliphatic rings. The van der Waals surface area contributed by atoms with E-state index in [1.807, 2.05) is 38.1 Å². The lowest BCUT2D eigenvalue weighted by Gasteiger charge is -2.17. The Morgan fingerprint density at radius 1 is 1.46 bits per heavy atom. The van der Waals surface area contributed by atoms with Gasteiger partial charge in [0.1, 0.15) is 18.0 Å². The fraction of sp³-hybridized carbons (Fsp3) is 0.444. The Balaban J connectivity index is 1.56. The van der Waals surface area contributed by atoms with Gasteiger partial charge in [-0.25, -0.2) is 4.98 Å². The predicted octanol–water partition coefficient (Wildman–Crippen LogP) is 3.03. The molecule has 1 saturated heterocycles. The quantitative estimate of drug-likeness (QED) is 0.881. The molecule has 0 aliphatic carbocycles. The second-order valence-corrected chi connectivity index (χ2v) is 5.97. The number of hydrogen-bond acceptors (Lipinski definition) is 5. The molecule has 3 rings (SSSR count). The molecule has 6 nitrogen and oxygen atoms in total. The molecule has 2 atom stereocenters. The van der Waals surface area contributed by atoms with Crippen LogP contribution in [0.4, 0.5) is 0 Å². The fourth-order valence-corrected chi connectivity index (χ4v) is 2.71. The van der Waals surface area contributed by atoms with Gasteiger partial charge in [0.15, 0.2) is 17.8 Å². The summed E-state index contributed by atoms with van der Waals surface area (Å²) < 4.78 is 16.8. The van der Waals surface area contributed by atoms with Crippen molar-refractivity contribution in [2.45, 2.75) is 38.9 Å². The second-order valence-electron chi connectivity index (χ2n) is 5.97. The topological polar surface area (TPSA) is 73.6 Å². The van der Waals surface area contributed by atoms with Gasteiger partial charge in [-0.2, -0.15) is 0 Å². The SMILES string of the molecule is Cc1ccccc1O[C@@H](C)CNC(=O)c1ncoc1[C@@H]1CCCO1. The molecule has 1 N–H and O–H groups in total. The van der Waals surface area contributed by atoms with Crippen LogP contribution in [0, 0.1) is 6.92 Å². The van der Waals surface area contributed by atoms with Crippen molar-refractivity contribution in [2.75, 3.05) is 13.2 Å². The molecule has 0 saturated carbocycles. The summed E-state index contributed by atoms with van der Waals surface area (Å²) >= 11 is 0. The zero-order valence-corrected chi connectivity index (χ0v) is 14.0. The number of nitrogens with zero attached hydrogens (tertiary/aromatic N) is 1. The van der Waals surface area contributed by atoms with Gasteiger partial charge in [0.2, 0.25) is 0 Å². The Hall–Kier alpha value is -2.34. The number of hydrogen-bond donors (Lipinski definition) is 1.